The number of halogens is 4. The van der Waals surface area contributed by atoms with Crippen LogP contribution in [0.5, 0.6) is 0 Å². The highest BCUT2D eigenvalue weighted by Gasteiger charge is 2.60. The third kappa shape index (κ3) is 4.15. The van der Waals surface area contributed by atoms with E-state index in [4.69, 9.17) is 23.2 Å². The average molecular weight is 467 g/mol. The van der Waals surface area contributed by atoms with Gasteiger partial charge in [-0.2, -0.15) is 5.26 Å². The molecule has 8 heteroatoms. The lowest BCUT2D eigenvalue weighted by atomic mass is 9.63. The highest BCUT2D eigenvalue weighted by Crippen LogP contribution is 2.52. The van der Waals surface area contributed by atoms with Crippen molar-refractivity contribution in [3.8, 4) is 6.07 Å². The molecule has 1 aliphatic heterocycles. The first-order valence-electron chi connectivity index (χ1n) is 9.72. The van der Waals surface area contributed by atoms with Crippen LogP contribution in [0.2, 0.25) is 10.0 Å². The Morgan fingerprint density at radius 1 is 1.23 bits per heavy atom. The summed E-state index contributed by atoms with van der Waals surface area (Å²) in [5, 5.41) is 23.2. The van der Waals surface area contributed by atoms with E-state index in [-0.39, 0.29) is 26.6 Å². The molecule has 0 bridgehead atoms. The summed E-state index contributed by atoms with van der Waals surface area (Å²) < 4.78 is 29.6. The minimum absolute atomic E-state index is 0.0132. The topological polar surface area (TPSA) is 73.1 Å². The number of carboxylic acid groups (broad SMARTS) is 1. The lowest BCUT2D eigenvalue weighted by Gasteiger charge is -2.37. The van der Waals surface area contributed by atoms with Crippen LogP contribution in [0, 0.1) is 28.4 Å². The number of hydrogen-bond acceptors (Lipinski definition) is 3. The fourth-order valence-corrected chi connectivity index (χ4v) is 4.80. The predicted octanol–water partition coefficient (Wildman–Crippen LogP) is 5.68. The second-order valence-electron chi connectivity index (χ2n) is 9.03. The summed E-state index contributed by atoms with van der Waals surface area (Å²) in [5.41, 5.74) is -1.68. The van der Waals surface area contributed by atoms with Crippen LogP contribution in [0.25, 0.3) is 0 Å². The Morgan fingerprint density at radius 2 is 1.90 bits per heavy atom. The van der Waals surface area contributed by atoms with Crippen LogP contribution in [0.3, 0.4) is 0 Å². The van der Waals surface area contributed by atoms with E-state index in [1.807, 2.05) is 20.8 Å². The van der Waals surface area contributed by atoms with E-state index < -0.39 is 41.0 Å². The first kappa shape index (κ1) is 23.5. The molecule has 0 aliphatic carbocycles. The molecule has 1 heterocycles. The van der Waals surface area contributed by atoms with Gasteiger partial charge in [0.1, 0.15) is 23.1 Å². The molecular weight excluding hydrogens is 445 g/mol. The zero-order chi connectivity index (χ0) is 23.1. The lowest BCUT2D eigenvalue weighted by Crippen LogP contribution is -2.44. The maximum Gasteiger partial charge on any atom is 0.321 e. The molecule has 3 rings (SSSR count). The number of carboxylic acids is 1. The number of aliphatic carboxylic acids is 1. The van der Waals surface area contributed by atoms with Crippen LogP contribution < -0.4 is 5.32 Å². The molecule has 164 valence electrons. The highest BCUT2D eigenvalue weighted by molar-refractivity contribution is 6.31. The Bertz CT molecular complexity index is 1060. The fraction of sp³-hybridized carbons (Fsp3) is 0.391. The number of nitrogens with one attached hydrogen (secondary N) is 1. The monoisotopic (exact) mass is 466 g/mol. The summed E-state index contributed by atoms with van der Waals surface area (Å²) in [7, 11) is 0. The normalized spacial score (nSPS) is 25.9. The quantitative estimate of drug-likeness (QED) is 0.607. The Kier molecular flexibility index (Phi) is 6.35. The van der Waals surface area contributed by atoms with Crippen molar-refractivity contribution in [2.75, 3.05) is 0 Å². The molecule has 2 aromatic rings. The first-order valence-corrected chi connectivity index (χ1v) is 10.5. The molecule has 2 N–H and O–H groups in total. The molecule has 2 aromatic carbocycles. The summed E-state index contributed by atoms with van der Waals surface area (Å²) in [6.07, 6.45) is 0.382. The molecule has 0 aromatic heterocycles. The third-order valence-corrected chi connectivity index (χ3v) is 6.33. The maximum atomic E-state index is 15.1. The molecule has 0 radical (unpaired) electrons. The van der Waals surface area contributed by atoms with Crippen LogP contribution in [0.1, 0.15) is 44.2 Å². The van der Waals surface area contributed by atoms with E-state index in [1.165, 1.54) is 30.3 Å². The lowest BCUT2D eigenvalue weighted by molar-refractivity contribution is -0.139. The highest BCUT2D eigenvalue weighted by atomic mass is 35.5. The van der Waals surface area contributed by atoms with Gasteiger partial charge >= 0.3 is 5.97 Å². The number of carbonyl (C=O) groups is 1. The van der Waals surface area contributed by atoms with Gasteiger partial charge in [0, 0.05) is 12.0 Å². The molecule has 0 spiro atoms. The molecule has 4 atom stereocenters. The molecule has 0 unspecified atom stereocenters. The second kappa shape index (κ2) is 8.38. The Balaban J connectivity index is 2.36. The molecule has 0 amide bonds. The van der Waals surface area contributed by atoms with E-state index in [1.54, 1.807) is 0 Å². The van der Waals surface area contributed by atoms with Crippen molar-refractivity contribution in [1.82, 2.24) is 5.32 Å². The van der Waals surface area contributed by atoms with Crippen LogP contribution in [0.4, 0.5) is 8.78 Å². The van der Waals surface area contributed by atoms with E-state index in [0.717, 1.165) is 6.07 Å². The zero-order valence-corrected chi connectivity index (χ0v) is 18.7. The fourth-order valence-electron chi connectivity index (χ4n) is 4.50. The summed E-state index contributed by atoms with van der Waals surface area (Å²) in [6, 6.07) is 8.45. The molecule has 1 saturated heterocycles. The van der Waals surface area contributed by atoms with E-state index >= 15 is 4.39 Å². The number of rotatable bonds is 4. The van der Waals surface area contributed by atoms with Crippen LogP contribution in [0.15, 0.2) is 36.4 Å². The van der Waals surface area contributed by atoms with Crippen molar-refractivity contribution < 1.29 is 18.7 Å². The standard InChI is InChI=1S/C23H22Cl2F2N2O2/c1-22(2,3)10-17-23(11-28,12-7-8-14(24)16(26)9-12)18(20(29-17)21(30)31)13-5-4-6-15(25)19(13)27/h4-9,17-18,20,29H,10H2,1-3H3,(H,30,31)/t17-,18-,20+,23-/m1/s1. The second-order valence-corrected chi connectivity index (χ2v) is 9.84. The molecule has 1 aliphatic rings. The molecular formula is C23H22Cl2F2N2O2. The van der Waals surface area contributed by atoms with Crippen LogP contribution >= 0.6 is 23.2 Å². The Labute approximate surface area is 189 Å². The number of hydrogen-bond donors (Lipinski definition) is 2. The van der Waals surface area contributed by atoms with Gasteiger partial charge in [0.25, 0.3) is 0 Å². The minimum Gasteiger partial charge on any atom is -0.480 e. The van der Waals surface area contributed by atoms with Gasteiger partial charge in [-0.25, -0.2) is 8.78 Å². The third-order valence-electron chi connectivity index (χ3n) is 5.74. The number of nitrogens with zero attached hydrogens (tertiary/aromatic N) is 1. The summed E-state index contributed by atoms with van der Waals surface area (Å²) in [5.74, 6) is -3.95. The number of nitriles is 1. The van der Waals surface area contributed by atoms with Gasteiger partial charge in [-0.15, -0.1) is 0 Å². The molecule has 0 saturated carbocycles. The van der Waals surface area contributed by atoms with E-state index in [0.29, 0.717) is 6.42 Å². The van der Waals surface area contributed by atoms with Crippen molar-refractivity contribution in [2.24, 2.45) is 5.41 Å². The van der Waals surface area contributed by atoms with Gasteiger partial charge < -0.3 is 5.11 Å². The molecule has 4 nitrogen and oxygen atoms in total. The summed E-state index contributed by atoms with van der Waals surface area (Å²) in [4.78, 5) is 12.2. The largest absolute Gasteiger partial charge is 0.480 e. The maximum absolute atomic E-state index is 15.1. The molecule has 1 fully saturated rings. The predicted molar refractivity (Wildman–Crippen MR) is 115 cm³/mol. The van der Waals surface area contributed by atoms with Gasteiger partial charge in [0.05, 0.1) is 16.1 Å². The first-order chi connectivity index (χ1) is 14.4. The van der Waals surface area contributed by atoms with Crippen molar-refractivity contribution in [1.29, 1.82) is 5.26 Å². The van der Waals surface area contributed by atoms with Crippen molar-refractivity contribution in [2.45, 2.75) is 50.6 Å². The van der Waals surface area contributed by atoms with Gasteiger partial charge in [-0.3, -0.25) is 10.1 Å². The Hall–Kier alpha value is -2.20. The van der Waals surface area contributed by atoms with Gasteiger partial charge in [-0.05, 0) is 41.2 Å². The minimum atomic E-state index is -1.59. The molecule has 31 heavy (non-hydrogen) atoms. The van der Waals surface area contributed by atoms with Gasteiger partial charge in [0.15, 0.2) is 0 Å². The SMILES string of the molecule is CC(C)(C)C[C@H]1N[C@H](C(=O)O)[C@@H](c2cccc(Cl)c2F)[C@]1(C#N)c1ccc(Cl)c(F)c1. The van der Waals surface area contributed by atoms with Crippen molar-refractivity contribution in [3.63, 3.8) is 0 Å². The van der Waals surface area contributed by atoms with E-state index in [2.05, 4.69) is 11.4 Å². The van der Waals surface area contributed by atoms with Gasteiger partial charge in [-0.1, -0.05) is 62.2 Å². The van der Waals surface area contributed by atoms with E-state index in [9.17, 15) is 19.6 Å². The van der Waals surface area contributed by atoms with Crippen LogP contribution in [-0.2, 0) is 10.2 Å². The Morgan fingerprint density at radius 3 is 2.45 bits per heavy atom. The average Bonchev–Trinajstić information content (AvgIpc) is 2.99. The number of benzene rings is 2. The van der Waals surface area contributed by atoms with Gasteiger partial charge in [0.2, 0.25) is 0 Å². The van der Waals surface area contributed by atoms with Crippen LogP contribution in [-0.4, -0.2) is 23.2 Å². The zero-order valence-electron chi connectivity index (χ0n) is 17.2. The van der Waals surface area contributed by atoms with Crippen molar-refractivity contribution in [3.05, 3.63) is 69.2 Å². The summed E-state index contributed by atoms with van der Waals surface area (Å²) >= 11 is 11.8. The van der Waals surface area contributed by atoms with Crippen molar-refractivity contribution >= 4 is 29.2 Å². The smallest absolute Gasteiger partial charge is 0.321 e. The summed E-state index contributed by atoms with van der Waals surface area (Å²) in [6.45, 7) is 5.84.